The molecule has 27 heavy (non-hydrogen) atoms. The van der Waals surface area contributed by atoms with E-state index < -0.39 is 0 Å². The van der Waals surface area contributed by atoms with Gasteiger partial charge in [0.2, 0.25) is 0 Å². The molecule has 1 amide bonds. The normalized spacial score (nSPS) is 15.5. The van der Waals surface area contributed by atoms with Crippen molar-refractivity contribution in [1.29, 1.82) is 0 Å². The highest BCUT2D eigenvalue weighted by molar-refractivity contribution is 7.09. The van der Waals surface area contributed by atoms with Crippen LogP contribution in [0.3, 0.4) is 0 Å². The van der Waals surface area contributed by atoms with Crippen molar-refractivity contribution in [3.63, 3.8) is 0 Å². The van der Waals surface area contributed by atoms with Crippen molar-refractivity contribution in [1.82, 2.24) is 4.90 Å². The summed E-state index contributed by atoms with van der Waals surface area (Å²) in [6.45, 7) is 7.44. The number of furan rings is 1. The highest BCUT2D eigenvalue weighted by atomic mass is 32.1. The molecule has 5 nitrogen and oxygen atoms in total. The van der Waals surface area contributed by atoms with E-state index in [0.29, 0.717) is 19.0 Å². The van der Waals surface area contributed by atoms with Gasteiger partial charge in [-0.05, 0) is 24.4 Å². The van der Waals surface area contributed by atoms with Gasteiger partial charge in [0.1, 0.15) is 12.1 Å². The highest BCUT2D eigenvalue weighted by Gasteiger charge is 2.29. The van der Waals surface area contributed by atoms with Crippen molar-refractivity contribution in [2.75, 3.05) is 32.8 Å². The lowest BCUT2D eigenvalue weighted by Gasteiger charge is -2.31. The van der Waals surface area contributed by atoms with Gasteiger partial charge in [-0.25, -0.2) is 0 Å². The lowest BCUT2D eigenvalue weighted by atomic mass is 10.1. The Morgan fingerprint density at radius 1 is 1.22 bits per heavy atom. The minimum Gasteiger partial charge on any atom is -0.451 e. The van der Waals surface area contributed by atoms with Gasteiger partial charge in [0.25, 0.3) is 5.91 Å². The molecule has 1 aromatic carbocycles. The van der Waals surface area contributed by atoms with Crippen molar-refractivity contribution in [3.8, 4) is 0 Å². The van der Waals surface area contributed by atoms with Crippen molar-refractivity contribution in [2.45, 2.75) is 20.1 Å². The van der Waals surface area contributed by atoms with Gasteiger partial charge in [0.15, 0.2) is 5.76 Å². The van der Waals surface area contributed by atoms with Gasteiger partial charge in [-0.3, -0.25) is 4.79 Å². The Kier molecular flexibility index (Phi) is 5.57. The molecule has 0 atom stereocenters. The van der Waals surface area contributed by atoms with Gasteiger partial charge in [-0.2, -0.15) is 0 Å². The number of hydrogen-bond acceptors (Lipinski definition) is 4. The number of nitrogens with zero attached hydrogens (tertiary/aromatic N) is 1. The third-order valence-corrected chi connectivity index (χ3v) is 5.98. The summed E-state index contributed by atoms with van der Waals surface area (Å²) in [6, 6.07) is 12.1. The lowest BCUT2D eigenvalue weighted by Crippen LogP contribution is -3.13. The Morgan fingerprint density at radius 3 is 2.78 bits per heavy atom. The molecule has 3 heterocycles. The SMILES string of the molecule is CCOCc1c(C(=O)N2CC[NH+](Cc3cccs3)CC2)oc2ccccc12. The number of hydrogen-bond donors (Lipinski definition) is 1. The molecular weight excluding hydrogens is 360 g/mol. The summed E-state index contributed by atoms with van der Waals surface area (Å²) in [5, 5.41) is 3.09. The molecule has 1 N–H and O–H groups in total. The first-order valence-corrected chi connectivity index (χ1v) is 10.4. The summed E-state index contributed by atoms with van der Waals surface area (Å²) >= 11 is 1.80. The summed E-state index contributed by atoms with van der Waals surface area (Å²) in [4.78, 5) is 18.0. The zero-order chi connectivity index (χ0) is 18.6. The molecule has 0 radical (unpaired) electrons. The van der Waals surface area contributed by atoms with Gasteiger partial charge in [-0.15, -0.1) is 11.3 Å². The zero-order valence-electron chi connectivity index (χ0n) is 15.6. The van der Waals surface area contributed by atoms with E-state index in [9.17, 15) is 4.79 Å². The number of amides is 1. The summed E-state index contributed by atoms with van der Waals surface area (Å²) in [5.41, 5.74) is 1.61. The number of carbonyl (C=O) groups is 1. The number of quaternary nitrogens is 1. The number of para-hydroxylation sites is 1. The Bertz CT molecular complexity index is 895. The number of thiophene rings is 1. The summed E-state index contributed by atoms with van der Waals surface area (Å²) < 4.78 is 11.6. The van der Waals surface area contributed by atoms with Crippen molar-refractivity contribution in [3.05, 3.63) is 58.0 Å². The molecule has 0 unspecified atom stereocenters. The van der Waals surface area contributed by atoms with Crippen molar-refractivity contribution in [2.24, 2.45) is 0 Å². The Hall–Kier alpha value is -2.15. The monoisotopic (exact) mass is 385 g/mol. The van der Waals surface area contributed by atoms with Crippen LogP contribution in [0.25, 0.3) is 11.0 Å². The van der Waals surface area contributed by atoms with Gasteiger partial charge in [-0.1, -0.05) is 24.3 Å². The molecule has 0 spiro atoms. The standard InChI is InChI=1S/C21H24N2O3S/c1-2-25-15-18-17-7-3-4-8-19(17)26-20(18)21(24)23-11-9-22(10-12-23)14-16-6-5-13-27-16/h3-8,13H,2,9-12,14-15H2,1H3/p+1. The number of benzene rings is 1. The van der Waals surface area contributed by atoms with E-state index in [2.05, 4.69) is 17.5 Å². The van der Waals surface area contributed by atoms with Gasteiger partial charge in [0.05, 0.1) is 37.7 Å². The van der Waals surface area contributed by atoms with Crippen LogP contribution in [0.4, 0.5) is 0 Å². The second kappa shape index (κ2) is 8.25. The van der Waals surface area contributed by atoms with Crippen molar-refractivity contribution >= 4 is 28.2 Å². The molecule has 0 bridgehead atoms. The minimum absolute atomic E-state index is 0.0175. The molecule has 0 aliphatic carbocycles. The highest BCUT2D eigenvalue weighted by Crippen LogP contribution is 2.27. The molecule has 1 fully saturated rings. The zero-order valence-corrected chi connectivity index (χ0v) is 16.4. The molecule has 2 aromatic heterocycles. The van der Waals surface area contributed by atoms with Gasteiger partial charge < -0.3 is 19.0 Å². The fraction of sp³-hybridized carbons (Fsp3) is 0.381. The Balaban J connectivity index is 1.48. The topological polar surface area (TPSA) is 47.1 Å². The molecular formula is C21H25N2O3S+. The van der Waals surface area contributed by atoms with Crippen LogP contribution in [-0.4, -0.2) is 43.6 Å². The third-order valence-electron chi connectivity index (χ3n) is 5.11. The largest absolute Gasteiger partial charge is 0.451 e. The fourth-order valence-corrected chi connectivity index (χ4v) is 4.40. The van der Waals surface area contributed by atoms with E-state index in [1.807, 2.05) is 36.1 Å². The maximum atomic E-state index is 13.1. The molecule has 4 rings (SSSR count). The minimum atomic E-state index is -0.0175. The molecule has 6 heteroatoms. The van der Waals surface area contributed by atoms with E-state index in [1.165, 1.54) is 9.78 Å². The maximum absolute atomic E-state index is 13.1. The lowest BCUT2D eigenvalue weighted by molar-refractivity contribution is -0.917. The smallest absolute Gasteiger partial charge is 0.290 e. The van der Waals surface area contributed by atoms with E-state index in [4.69, 9.17) is 9.15 Å². The predicted molar refractivity (Wildman–Crippen MR) is 106 cm³/mol. The van der Waals surface area contributed by atoms with Crippen LogP contribution in [0.15, 0.2) is 46.2 Å². The molecule has 1 aliphatic rings. The molecule has 0 saturated carbocycles. The molecule has 3 aromatic rings. The van der Waals surface area contributed by atoms with E-state index in [-0.39, 0.29) is 5.91 Å². The number of carbonyl (C=O) groups excluding carboxylic acids is 1. The number of piperazine rings is 1. The first-order valence-electron chi connectivity index (χ1n) is 9.49. The fourth-order valence-electron chi connectivity index (χ4n) is 3.62. The number of ether oxygens (including phenoxy) is 1. The third kappa shape index (κ3) is 3.93. The summed E-state index contributed by atoms with van der Waals surface area (Å²) in [6.07, 6.45) is 0. The Morgan fingerprint density at radius 2 is 2.04 bits per heavy atom. The van der Waals surface area contributed by atoms with Gasteiger partial charge in [0, 0.05) is 17.6 Å². The summed E-state index contributed by atoms with van der Waals surface area (Å²) in [5.74, 6) is 0.419. The number of nitrogens with one attached hydrogen (secondary N) is 1. The van der Waals surface area contributed by atoms with Crippen LogP contribution in [0.2, 0.25) is 0 Å². The van der Waals surface area contributed by atoms with E-state index >= 15 is 0 Å². The average Bonchev–Trinajstić information content (AvgIpc) is 3.34. The first-order chi connectivity index (χ1) is 13.3. The number of rotatable bonds is 6. The van der Waals surface area contributed by atoms with Gasteiger partial charge >= 0.3 is 0 Å². The second-order valence-electron chi connectivity index (χ2n) is 6.84. The Labute approximate surface area is 163 Å². The predicted octanol–water partition coefficient (Wildman–Crippen LogP) is 2.57. The van der Waals surface area contributed by atoms with Crippen LogP contribution < -0.4 is 4.90 Å². The van der Waals surface area contributed by atoms with Crippen molar-refractivity contribution < 1.29 is 18.8 Å². The van der Waals surface area contributed by atoms with Crippen LogP contribution >= 0.6 is 11.3 Å². The maximum Gasteiger partial charge on any atom is 0.290 e. The molecule has 142 valence electrons. The summed E-state index contributed by atoms with van der Waals surface area (Å²) in [7, 11) is 0. The van der Waals surface area contributed by atoms with Crippen LogP contribution in [0.5, 0.6) is 0 Å². The van der Waals surface area contributed by atoms with Crippen LogP contribution in [-0.2, 0) is 17.9 Å². The van der Waals surface area contributed by atoms with E-state index in [0.717, 1.165) is 49.3 Å². The average molecular weight is 386 g/mol. The second-order valence-corrected chi connectivity index (χ2v) is 7.87. The quantitative estimate of drug-likeness (QED) is 0.709. The molecule has 1 saturated heterocycles. The first kappa shape index (κ1) is 18.2. The van der Waals surface area contributed by atoms with Crippen LogP contribution in [0.1, 0.15) is 27.9 Å². The van der Waals surface area contributed by atoms with E-state index in [1.54, 1.807) is 11.3 Å². The number of fused-ring (bicyclic) bond motifs is 1. The molecule has 1 aliphatic heterocycles. The van der Waals surface area contributed by atoms with Crippen LogP contribution in [0, 0.1) is 0 Å².